The molecule has 3 aromatic rings. The first-order chi connectivity index (χ1) is 10.3. The molecule has 21 heavy (non-hydrogen) atoms. The number of anilines is 1. The van der Waals surface area contributed by atoms with Crippen LogP contribution in [0.3, 0.4) is 0 Å². The Bertz CT molecular complexity index is 675. The highest BCUT2D eigenvalue weighted by Crippen LogP contribution is 2.12. The third kappa shape index (κ3) is 3.56. The fourth-order valence-electron chi connectivity index (χ4n) is 2.03. The molecule has 110 valence electrons. The summed E-state index contributed by atoms with van der Waals surface area (Å²) in [6, 6.07) is 6.00. The number of imidazole rings is 1. The van der Waals surface area contributed by atoms with Crippen LogP contribution in [0.25, 0.3) is 5.65 Å². The SMILES string of the molecule is COCCc1nsc(NCCc2cn3ccccc3n2)n1. The first kappa shape index (κ1) is 14.0. The molecule has 7 heteroatoms. The zero-order valence-electron chi connectivity index (χ0n) is 11.8. The van der Waals surface area contributed by atoms with Gasteiger partial charge in [0.1, 0.15) is 11.5 Å². The molecule has 6 nitrogen and oxygen atoms in total. The van der Waals surface area contributed by atoms with Crippen LogP contribution in [-0.2, 0) is 17.6 Å². The van der Waals surface area contributed by atoms with E-state index in [9.17, 15) is 0 Å². The van der Waals surface area contributed by atoms with Crippen LogP contribution in [0.15, 0.2) is 30.6 Å². The van der Waals surface area contributed by atoms with Crippen molar-refractivity contribution in [2.75, 3.05) is 25.6 Å². The van der Waals surface area contributed by atoms with Crippen LogP contribution in [0.4, 0.5) is 5.13 Å². The average Bonchev–Trinajstić information content (AvgIpc) is 3.11. The van der Waals surface area contributed by atoms with Crippen LogP contribution < -0.4 is 5.32 Å². The maximum atomic E-state index is 5.02. The van der Waals surface area contributed by atoms with Crippen LogP contribution >= 0.6 is 11.5 Å². The van der Waals surface area contributed by atoms with Gasteiger partial charge in [0.2, 0.25) is 5.13 Å². The normalized spacial score (nSPS) is 11.1. The van der Waals surface area contributed by atoms with Crippen molar-refractivity contribution in [3.63, 3.8) is 0 Å². The van der Waals surface area contributed by atoms with Crippen LogP contribution in [0.5, 0.6) is 0 Å². The van der Waals surface area contributed by atoms with E-state index in [1.54, 1.807) is 7.11 Å². The molecule has 3 rings (SSSR count). The Hall–Kier alpha value is -1.99. The molecular weight excluding hydrogens is 286 g/mol. The third-order valence-electron chi connectivity index (χ3n) is 3.07. The van der Waals surface area contributed by atoms with Crippen LogP contribution in [-0.4, -0.2) is 39.0 Å². The molecule has 0 aliphatic carbocycles. The lowest BCUT2D eigenvalue weighted by Gasteiger charge is -1.98. The van der Waals surface area contributed by atoms with Gasteiger partial charge in [-0.3, -0.25) is 0 Å². The van der Waals surface area contributed by atoms with E-state index in [0.29, 0.717) is 6.61 Å². The number of nitrogens with one attached hydrogen (secondary N) is 1. The Morgan fingerprint density at radius 2 is 2.24 bits per heavy atom. The fourth-order valence-corrected chi connectivity index (χ4v) is 2.66. The Balaban J connectivity index is 1.52. The van der Waals surface area contributed by atoms with E-state index in [0.717, 1.165) is 41.7 Å². The van der Waals surface area contributed by atoms with E-state index < -0.39 is 0 Å². The molecule has 0 unspecified atom stereocenters. The minimum absolute atomic E-state index is 0.650. The summed E-state index contributed by atoms with van der Waals surface area (Å²) in [5.41, 5.74) is 2.04. The van der Waals surface area contributed by atoms with Gasteiger partial charge in [-0.05, 0) is 12.1 Å². The summed E-state index contributed by atoms with van der Waals surface area (Å²) in [5.74, 6) is 0.831. The van der Waals surface area contributed by atoms with Gasteiger partial charge in [0.15, 0.2) is 0 Å². The monoisotopic (exact) mass is 303 g/mol. The van der Waals surface area contributed by atoms with Gasteiger partial charge in [-0.2, -0.15) is 4.37 Å². The summed E-state index contributed by atoms with van der Waals surface area (Å²) < 4.78 is 11.3. The zero-order chi connectivity index (χ0) is 14.5. The van der Waals surface area contributed by atoms with Gasteiger partial charge in [0, 0.05) is 50.4 Å². The second-order valence-corrected chi connectivity index (χ2v) is 5.39. The van der Waals surface area contributed by atoms with Gasteiger partial charge < -0.3 is 14.5 Å². The summed E-state index contributed by atoms with van der Waals surface area (Å²) in [6.07, 6.45) is 5.67. The van der Waals surface area contributed by atoms with Gasteiger partial charge >= 0.3 is 0 Å². The second-order valence-electron chi connectivity index (χ2n) is 4.63. The van der Waals surface area contributed by atoms with Gasteiger partial charge in [-0.15, -0.1) is 0 Å². The van der Waals surface area contributed by atoms with E-state index in [1.165, 1.54) is 11.5 Å². The maximum absolute atomic E-state index is 5.02. The number of ether oxygens (including phenoxy) is 1. The molecule has 0 saturated heterocycles. The molecule has 0 aromatic carbocycles. The molecule has 0 atom stereocenters. The van der Waals surface area contributed by atoms with Gasteiger partial charge in [0.05, 0.1) is 12.3 Å². The molecule has 0 radical (unpaired) electrons. The van der Waals surface area contributed by atoms with E-state index in [-0.39, 0.29) is 0 Å². The van der Waals surface area contributed by atoms with Crippen molar-refractivity contribution < 1.29 is 4.74 Å². The topological polar surface area (TPSA) is 64.3 Å². The Labute approximate surface area is 127 Å². The molecule has 0 fully saturated rings. The highest BCUT2D eigenvalue weighted by atomic mass is 32.1. The lowest BCUT2D eigenvalue weighted by Crippen LogP contribution is -2.05. The predicted octanol–water partition coefficient (Wildman–Crippen LogP) is 2.03. The molecule has 3 heterocycles. The lowest BCUT2D eigenvalue weighted by molar-refractivity contribution is 0.201. The maximum Gasteiger partial charge on any atom is 0.202 e. The number of aromatic nitrogens is 4. The minimum atomic E-state index is 0.650. The number of rotatable bonds is 7. The first-order valence-electron chi connectivity index (χ1n) is 6.83. The number of nitrogens with zero attached hydrogens (tertiary/aromatic N) is 4. The highest BCUT2D eigenvalue weighted by Gasteiger charge is 2.04. The molecule has 0 saturated carbocycles. The molecule has 1 N–H and O–H groups in total. The first-order valence-corrected chi connectivity index (χ1v) is 7.60. The Morgan fingerprint density at radius 1 is 1.29 bits per heavy atom. The van der Waals surface area contributed by atoms with Crippen molar-refractivity contribution >= 4 is 22.3 Å². The molecule has 0 amide bonds. The molecule has 0 spiro atoms. The quantitative estimate of drug-likeness (QED) is 0.723. The Kier molecular flexibility index (Phi) is 4.42. The molecular formula is C14H17N5OS. The zero-order valence-corrected chi connectivity index (χ0v) is 12.6. The molecule has 0 bridgehead atoms. The van der Waals surface area contributed by atoms with Crippen molar-refractivity contribution in [3.8, 4) is 0 Å². The standard InChI is InChI=1S/C14H17N5OS/c1-20-9-6-12-17-14(21-18-12)15-7-5-11-10-19-8-3-2-4-13(19)16-11/h2-4,8,10H,5-7,9H2,1H3,(H,15,17,18). The van der Waals surface area contributed by atoms with Crippen molar-refractivity contribution in [2.45, 2.75) is 12.8 Å². The van der Waals surface area contributed by atoms with Gasteiger partial charge in [-0.25, -0.2) is 9.97 Å². The van der Waals surface area contributed by atoms with Crippen LogP contribution in [0.2, 0.25) is 0 Å². The minimum Gasteiger partial charge on any atom is -0.384 e. The third-order valence-corrected chi connectivity index (χ3v) is 3.78. The van der Waals surface area contributed by atoms with Crippen LogP contribution in [0.1, 0.15) is 11.5 Å². The highest BCUT2D eigenvalue weighted by molar-refractivity contribution is 7.09. The number of methoxy groups -OCH3 is 1. The lowest BCUT2D eigenvalue weighted by atomic mass is 10.3. The van der Waals surface area contributed by atoms with Crippen molar-refractivity contribution in [2.24, 2.45) is 0 Å². The summed E-state index contributed by atoms with van der Waals surface area (Å²) in [6.45, 7) is 1.44. The largest absolute Gasteiger partial charge is 0.384 e. The summed E-state index contributed by atoms with van der Waals surface area (Å²) in [5, 5.41) is 4.14. The smallest absolute Gasteiger partial charge is 0.202 e. The van der Waals surface area contributed by atoms with Crippen molar-refractivity contribution in [1.29, 1.82) is 0 Å². The fraction of sp³-hybridized carbons (Fsp3) is 0.357. The summed E-state index contributed by atoms with van der Waals surface area (Å²) >= 11 is 1.39. The molecule has 3 aromatic heterocycles. The number of pyridine rings is 1. The van der Waals surface area contributed by atoms with Crippen molar-refractivity contribution in [1.82, 2.24) is 18.7 Å². The summed E-state index contributed by atoms with van der Waals surface area (Å²) in [4.78, 5) is 8.98. The van der Waals surface area contributed by atoms with Gasteiger partial charge in [0.25, 0.3) is 0 Å². The average molecular weight is 303 g/mol. The molecule has 0 aliphatic rings. The number of hydrogen-bond acceptors (Lipinski definition) is 6. The van der Waals surface area contributed by atoms with E-state index in [2.05, 4.69) is 25.9 Å². The van der Waals surface area contributed by atoms with Gasteiger partial charge in [-0.1, -0.05) is 6.07 Å². The van der Waals surface area contributed by atoms with Crippen LogP contribution in [0, 0.1) is 0 Å². The van der Waals surface area contributed by atoms with E-state index in [1.807, 2.05) is 28.8 Å². The number of fused-ring (bicyclic) bond motifs is 1. The van der Waals surface area contributed by atoms with Crippen molar-refractivity contribution in [3.05, 3.63) is 42.1 Å². The second kappa shape index (κ2) is 6.64. The molecule has 0 aliphatic heterocycles. The number of hydrogen-bond donors (Lipinski definition) is 1. The summed E-state index contributed by atoms with van der Waals surface area (Å²) in [7, 11) is 1.68. The van der Waals surface area contributed by atoms with E-state index >= 15 is 0 Å². The Morgan fingerprint density at radius 3 is 3.10 bits per heavy atom. The predicted molar refractivity (Wildman–Crippen MR) is 82.9 cm³/mol. The van der Waals surface area contributed by atoms with E-state index in [4.69, 9.17) is 4.74 Å².